The highest BCUT2D eigenvalue weighted by Gasteiger charge is 2.42. The lowest BCUT2D eigenvalue weighted by Crippen LogP contribution is -2.50. The van der Waals surface area contributed by atoms with Crippen LogP contribution in [-0.2, 0) is 4.79 Å². The zero-order valence-corrected chi connectivity index (χ0v) is 10.6. The highest BCUT2D eigenvalue weighted by Crippen LogP contribution is 2.43. The molecule has 2 heterocycles. The molecular weight excluding hydrogens is 252 g/mol. The van der Waals surface area contributed by atoms with Gasteiger partial charge in [-0.25, -0.2) is 0 Å². The van der Waals surface area contributed by atoms with E-state index in [1.807, 2.05) is 12.1 Å². The number of fused-ring (bicyclic) bond motifs is 2. The molecule has 3 unspecified atom stereocenters. The van der Waals surface area contributed by atoms with E-state index in [-0.39, 0.29) is 12.0 Å². The van der Waals surface area contributed by atoms with Crippen LogP contribution in [0.4, 0.5) is 5.69 Å². The molecule has 2 aliphatic rings. The number of carboxylic acid groups (broad SMARTS) is 1. The van der Waals surface area contributed by atoms with Crippen molar-refractivity contribution in [3.05, 3.63) is 28.8 Å². The van der Waals surface area contributed by atoms with Crippen LogP contribution in [0.15, 0.2) is 18.2 Å². The molecule has 1 fully saturated rings. The number of hydrogen-bond acceptors (Lipinski definition) is 3. The standard InChI is InChI=1S/C13H15ClN2O2/c14-9-3-1-2-7-11(13(17)18)8-6-15-5-4-10(8)16-12(7)9/h1-3,8,10-11,15-16H,4-6H2,(H,17,18). The van der Waals surface area contributed by atoms with E-state index >= 15 is 0 Å². The second-order valence-corrected chi connectivity index (χ2v) is 5.33. The molecule has 2 aliphatic heterocycles. The molecule has 1 aromatic rings. The molecule has 0 spiro atoms. The van der Waals surface area contributed by atoms with Crippen molar-refractivity contribution in [1.82, 2.24) is 5.32 Å². The average molecular weight is 267 g/mol. The van der Waals surface area contributed by atoms with Gasteiger partial charge in [0, 0.05) is 18.5 Å². The smallest absolute Gasteiger partial charge is 0.311 e. The number of carboxylic acids is 1. The second-order valence-electron chi connectivity index (χ2n) is 4.93. The maximum absolute atomic E-state index is 11.6. The van der Waals surface area contributed by atoms with Crippen molar-refractivity contribution in [1.29, 1.82) is 0 Å². The summed E-state index contributed by atoms with van der Waals surface area (Å²) in [7, 11) is 0. The molecule has 18 heavy (non-hydrogen) atoms. The molecule has 0 aromatic heterocycles. The Labute approximate surface area is 110 Å². The zero-order valence-electron chi connectivity index (χ0n) is 9.82. The monoisotopic (exact) mass is 266 g/mol. The molecule has 0 saturated carbocycles. The van der Waals surface area contributed by atoms with Crippen molar-refractivity contribution >= 4 is 23.3 Å². The Hall–Kier alpha value is -1.26. The Balaban J connectivity index is 2.10. The molecule has 96 valence electrons. The van der Waals surface area contributed by atoms with Crippen molar-refractivity contribution in [3.8, 4) is 0 Å². The van der Waals surface area contributed by atoms with Crippen molar-refractivity contribution < 1.29 is 9.90 Å². The minimum Gasteiger partial charge on any atom is -0.481 e. The first-order chi connectivity index (χ1) is 8.68. The molecule has 0 aliphatic carbocycles. The number of hydrogen-bond donors (Lipinski definition) is 3. The van der Waals surface area contributed by atoms with Gasteiger partial charge in [0.05, 0.1) is 16.6 Å². The minimum atomic E-state index is -0.765. The first-order valence-corrected chi connectivity index (χ1v) is 6.54. The summed E-state index contributed by atoms with van der Waals surface area (Å²) in [5.41, 5.74) is 1.61. The van der Waals surface area contributed by atoms with E-state index in [2.05, 4.69) is 10.6 Å². The summed E-state index contributed by atoms with van der Waals surface area (Å²) in [6.45, 7) is 1.65. The third-order valence-electron chi connectivity index (χ3n) is 3.93. The molecule has 0 radical (unpaired) electrons. The molecular formula is C13H15ClN2O2. The lowest BCUT2D eigenvalue weighted by molar-refractivity contribution is -0.140. The van der Waals surface area contributed by atoms with E-state index < -0.39 is 11.9 Å². The summed E-state index contributed by atoms with van der Waals surface area (Å²) < 4.78 is 0. The molecule has 0 bridgehead atoms. The van der Waals surface area contributed by atoms with Crippen LogP contribution in [-0.4, -0.2) is 30.2 Å². The lowest BCUT2D eigenvalue weighted by Gasteiger charge is -2.42. The number of carbonyl (C=O) groups is 1. The van der Waals surface area contributed by atoms with E-state index in [4.69, 9.17) is 11.6 Å². The SMILES string of the molecule is O=C(O)C1c2cccc(Cl)c2NC2CCNCC21. The van der Waals surface area contributed by atoms with Crippen LogP contribution in [0.25, 0.3) is 0 Å². The van der Waals surface area contributed by atoms with E-state index in [0.717, 1.165) is 30.8 Å². The van der Waals surface area contributed by atoms with Crippen LogP contribution in [0.5, 0.6) is 0 Å². The minimum absolute atomic E-state index is 0.0854. The van der Waals surface area contributed by atoms with E-state index in [0.29, 0.717) is 5.02 Å². The molecule has 3 atom stereocenters. The van der Waals surface area contributed by atoms with Crippen LogP contribution in [0.2, 0.25) is 5.02 Å². The van der Waals surface area contributed by atoms with Crippen LogP contribution >= 0.6 is 11.6 Å². The van der Waals surface area contributed by atoms with Gasteiger partial charge < -0.3 is 15.7 Å². The van der Waals surface area contributed by atoms with Crippen molar-refractivity contribution in [3.63, 3.8) is 0 Å². The summed E-state index contributed by atoms with van der Waals surface area (Å²) in [6, 6.07) is 5.67. The van der Waals surface area contributed by atoms with Gasteiger partial charge in [0.25, 0.3) is 0 Å². The quantitative estimate of drug-likeness (QED) is 0.727. The van der Waals surface area contributed by atoms with Gasteiger partial charge >= 0.3 is 5.97 Å². The largest absolute Gasteiger partial charge is 0.481 e. The van der Waals surface area contributed by atoms with Gasteiger partial charge in [-0.05, 0) is 24.6 Å². The first-order valence-electron chi connectivity index (χ1n) is 6.17. The normalized spacial score (nSPS) is 29.9. The van der Waals surface area contributed by atoms with Gasteiger partial charge in [-0.15, -0.1) is 0 Å². The van der Waals surface area contributed by atoms with Gasteiger partial charge in [-0.3, -0.25) is 4.79 Å². The molecule has 3 rings (SSSR count). The molecule has 1 aromatic carbocycles. The van der Waals surface area contributed by atoms with Gasteiger partial charge in [-0.2, -0.15) is 0 Å². The average Bonchev–Trinajstić information content (AvgIpc) is 2.36. The van der Waals surface area contributed by atoms with Gasteiger partial charge in [0.1, 0.15) is 0 Å². The molecule has 5 heteroatoms. The van der Waals surface area contributed by atoms with Gasteiger partial charge in [-0.1, -0.05) is 23.7 Å². The van der Waals surface area contributed by atoms with Crippen molar-refractivity contribution in [2.45, 2.75) is 18.4 Å². The Kier molecular flexibility index (Phi) is 2.92. The summed E-state index contributed by atoms with van der Waals surface area (Å²) in [5, 5.41) is 16.8. The van der Waals surface area contributed by atoms with Crippen molar-refractivity contribution in [2.24, 2.45) is 5.92 Å². The van der Waals surface area contributed by atoms with Crippen LogP contribution < -0.4 is 10.6 Å². The maximum atomic E-state index is 11.6. The van der Waals surface area contributed by atoms with E-state index in [1.165, 1.54) is 0 Å². The molecule has 4 nitrogen and oxygen atoms in total. The zero-order chi connectivity index (χ0) is 12.7. The van der Waals surface area contributed by atoms with Crippen molar-refractivity contribution in [2.75, 3.05) is 18.4 Å². The maximum Gasteiger partial charge on any atom is 0.311 e. The molecule has 0 amide bonds. The predicted octanol–water partition coefficient (Wildman–Crippen LogP) is 1.91. The fraction of sp³-hybridized carbons (Fsp3) is 0.462. The number of nitrogens with one attached hydrogen (secondary N) is 2. The summed E-state index contributed by atoms with van der Waals surface area (Å²) in [5.74, 6) is -1.15. The number of rotatable bonds is 1. The van der Waals surface area contributed by atoms with Crippen LogP contribution in [0.3, 0.4) is 0 Å². The summed E-state index contributed by atoms with van der Waals surface area (Å²) in [6.07, 6.45) is 0.930. The predicted molar refractivity (Wildman–Crippen MR) is 70.2 cm³/mol. The van der Waals surface area contributed by atoms with Gasteiger partial charge in [0.15, 0.2) is 0 Å². The van der Waals surface area contributed by atoms with E-state index in [9.17, 15) is 9.90 Å². The topological polar surface area (TPSA) is 61.4 Å². The Morgan fingerprint density at radius 2 is 2.28 bits per heavy atom. The number of halogens is 1. The third kappa shape index (κ3) is 1.76. The molecule has 3 N–H and O–H groups in total. The Morgan fingerprint density at radius 3 is 3.06 bits per heavy atom. The number of benzene rings is 1. The number of aliphatic carboxylic acids is 1. The fourth-order valence-electron chi connectivity index (χ4n) is 3.10. The number of piperidine rings is 1. The second kappa shape index (κ2) is 4.44. The third-order valence-corrected chi connectivity index (χ3v) is 4.25. The fourth-order valence-corrected chi connectivity index (χ4v) is 3.33. The first kappa shape index (κ1) is 11.8. The lowest BCUT2D eigenvalue weighted by atomic mass is 9.75. The number of para-hydroxylation sites is 1. The molecule has 1 saturated heterocycles. The Bertz CT molecular complexity index is 492. The highest BCUT2D eigenvalue weighted by atomic mass is 35.5. The number of anilines is 1. The van der Waals surface area contributed by atoms with Gasteiger partial charge in [0.2, 0.25) is 0 Å². The highest BCUT2D eigenvalue weighted by molar-refractivity contribution is 6.33. The van der Waals surface area contributed by atoms with Crippen LogP contribution in [0, 0.1) is 5.92 Å². The van der Waals surface area contributed by atoms with Crippen LogP contribution in [0.1, 0.15) is 17.9 Å². The Morgan fingerprint density at radius 1 is 1.44 bits per heavy atom. The summed E-state index contributed by atoms with van der Waals surface area (Å²) in [4.78, 5) is 11.6. The van der Waals surface area contributed by atoms with E-state index in [1.54, 1.807) is 6.07 Å². The summed E-state index contributed by atoms with van der Waals surface area (Å²) >= 11 is 6.17.